The van der Waals surface area contributed by atoms with Gasteiger partial charge in [0.1, 0.15) is 5.69 Å². The zero-order valence-corrected chi connectivity index (χ0v) is 21.1. The molecule has 2 aliphatic carbocycles. The van der Waals surface area contributed by atoms with Gasteiger partial charge >= 0.3 is 0 Å². The van der Waals surface area contributed by atoms with Crippen LogP contribution in [0, 0.1) is 11.8 Å². The lowest BCUT2D eigenvalue weighted by molar-refractivity contribution is -0.122. The summed E-state index contributed by atoms with van der Waals surface area (Å²) >= 11 is 0. The highest BCUT2D eigenvalue weighted by Crippen LogP contribution is 2.42. The molecule has 0 spiro atoms. The van der Waals surface area contributed by atoms with Crippen molar-refractivity contribution in [3.63, 3.8) is 0 Å². The minimum Gasteiger partial charge on any atom is -0.390 e. The summed E-state index contributed by atoms with van der Waals surface area (Å²) in [5, 5.41) is 27.0. The van der Waals surface area contributed by atoms with Gasteiger partial charge in [-0.3, -0.25) is 9.59 Å². The SMILES string of the molecule is CCCC(=O)N[C@@H](c1cnn2cc([C@@H](NC(=O)c3nonc3CO)C3CCC(F)(F)CC3)nc2c1)C1CC1. The maximum Gasteiger partial charge on any atom is 0.276 e. The number of hydrogen-bond acceptors (Lipinski definition) is 8. The van der Waals surface area contributed by atoms with Crippen molar-refractivity contribution in [2.75, 3.05) is 0 Å². The molecular formula is C25H31F2N7O4. The van der Waals surface area contributed by atoms with Crippen LogP contribution in [0.1, 0.15) is 97.8 Å². The van der Waals surface area contributed by atoms with Crippen molar-refractivity contribution in [1.29, 1.82) is 0 Å². The van der Waals surface area contributed by atoms with Gasteiger partial charge in [0.05, 0.1) is 36.8 Å². The molecule has 2 amide bonds. The van der Waals surface area contributed by atoms with Crippen molar-refractivity contribution in [2.45, 2.75) is 82.9 Å². The summed E-state index contributed by atoms with van der Waals surface area (Å²) in [6, 6.07) is 1.01. The summed E-state index contributed by atoms with van der Waals surface area (Å²) in [5.41, 5.74) is 1.65. The monoisotopic (exact) mass is 531 g/mol. The molecule has 11 nitrogen and oxygen atoms in total. The van der Waals surface area contributed by atoms with E-state index in [2.05, 4.69) is 30.7 Å². The molecule has 3 N–H and O–H groups in total. The summed E-state index contributed by atoms with van der Waals surface area (Å²) in [4.78, 5) is 30.0. The Bertz CT molecular complexity index is 1300. The van der Waals surface area contributed by atoms with Crippen LogP contribution in [0.25, 0.3) is 5.65 Å². The van der Waals surface area contributed by atoms with Crippen molar-refractivity contribution >= 4 is 17.5 Å². The van der Waals surface area contributed by atoms with Gasteiger partial charge in [-0.05, 0) is 60.7 Å². The van der Waals surface area contributed by atoms with Crippen LogP contribution in [0.3, 0.4) is 0 Å². The molecule has 3 heterocycles. The average Bonchev–Trinajstić information content (AvgIpc) is 3.45. The molecule has 2 saturated carbocycles. The van der Waals surface area contributed by atoms with Gasteiger partial charge in [-0.25, -0.2) is 22.9 Å². The van der Waals surface area contributed by atoms with Crippen LogP contribution in [0.4, 0.5) is 8.78 Å². The van der Waals surface area contributed by atoms with E-state index in [1.54, 1.807) is 16.9 Å². The molecular weight excluding hydrogens is 500 g/mol. The van der Waals surface area contributed by atoms with Crippen LogP contribution in [0.2, 0.25) is 0 Å². The van der Waals surface area contributed by atoms with Gasteiger partial charge in [0, 0.05) is 19.3 Å². The highest BCUT2D eigenvalue weighted by molar-refractivity contribution is 5.93. The van der Waals surface area contributed by atoms with Gasteiger partial charge in [0.15, 0.2) is 11.3 Å². The third kappa shape index (κ3) is 5.66. The number of aliphatic hydroxyl groups is 1. The summed E-state index contributed by atoms with van der Waals surface area (Å²) in [6.45, 7) is 1.42. The number of alkyl halides is 2. The molecule has 204 valence electrons. The van der Waals surface area contributed by atoms with Gasteiger partial charge in [0.25, 0.3) is 5.91 Å². The van der Waals surface area contributed by atoms with Crippen LogP contribution in [0.5, 0.6) is 0 Å². The number of nitrogens with zero attached hydrogens (tertiary/aromatic N) is 5. The molecule has 2 aliphatic rings. The Morgan fingerprint density at radius 3 is 2.58 bits per heavy atom. The van der Waals surface area contributed by atoms with Crippen LogP contribution >= 0.6 is 0 Å². The minimum absolute atomic E-state index is 0.00484. The summed E-state index contributed by atoms with van der Waals surface area (Å²) in [6.07, 6.45) is 6.46. The quantitative estimate of drug-likeness (QED) is 0.361. The third-order valence-corrected chi connectivity index (χ3v) is 7.37. The molecule has 0 bridgehead atoms. The van der Waals surface area contributed by atoms with E-state index in [1.165, 1.54) is 0 Å². The lowest BCUT2D eigenvalue weighted by Gasteiger charge is -2.33. The Kier molecular flexibility index (Phi) is 7.37. The lowest BCUT2D eigenvalue weighted by Crippen LogP contribution is -2.37. The molecule has 13 heteroatoms. The number of rotatable bonds is 10. The summed E-state index contributed by atoms with van der Waals surface area (Å²) in [5.74, 6) is -3.33. The number of nitrogens with one attached hydrogen (secondary N) is 2. The van der Waals surface area contributed by atoms with E-state index in [0.29, 0.717) is 23.7 Å². The van der Waals surface area contributed by atoms with Crippen LogP contribution in [0.15, 0.2) is 23.1 Å². The fourth-order valence-electron chi connectivity index (χ4n) is 5.13. The van der Waals surface area contributed by atoms with E-state index < -0.39 is 24.5 Å². The van der Waals surface area contributed by atoms with Crippen molar-refractivity contribution in [3.05, 3.63) is 41.1 Å². The van der Waals surface area contributed by atoms with Gasteiger partial charge in [-0.15, -0.1) is 0 Å². The first-order chi connectivity index (χ1) is 18.3. The number of halogens is 2. The number of aliphatic hydroxyl groups excluding tert-OH is 1. The van der Waals surface area contributed by atoms with E-state index in [-0.39, 0.29) is 54.9 Å². The number of fused-ring (bicyclic) bond motifs is 1. The Morgan fingerprint density at radius 1 is 1.16 bits per heavy atom. The first-order valence-corrected chi connectivity index (χ1v) is 13.0. The molecule has 3 aromatic heterocycles. The largest absolute Gasteiger partial charge is 0.390 e. The maximum absolute atomic E-state index is 13.9. The van der Waals surface area contributed by atoms with Crippen LogP contribution < -0.4 is 10.6 Å². The maximum atomic E-state index is 13.9. The second-order valence-electron chi connectivity index (χ2n) is 10.3. The number of carbonyl (C=O) groups excluding carboxylic acids is 2. The highest BCUT2D eigenvalue weighted by atomic mass is 19.3. The van der Waals surface area contributed by atoms with Crippen molar-refractivity contribution in [1.82, 2.24) is 35.5 Å². The number of aromatic nitrogens is 5. The number of amides is 2. The minimum atomic E-state index is -2.74. The van der Waals surface area contributed by atoms with E-state index in [9.17, 15) is 23.5 Å². The van der Waals surface area contributed by atoms with Crippen molar-refractivity contribution in [2.24, 2.45) is 11.8 Å². The van der Waals surface area contributed by atoms with Gasteiger partial charge in [-0.1, -0.05) is 12.1 Å². The van der Waals surface area contributed by atoms with Crippen LogP contribution in [-0.4, -0.2) is 47.8 Å². The standard InChI is InChI=1S/C25H31F2N7O4/c1-2-3-20(36)30-21(14-4-5-14)16-10-19-29-17(12-34(19)28-11-16)22(15-6-8-25(26,27)9-7-15)31-24(37)23-18(13-35)32-38-33-23/h10-12,14-15,21-22,35H,2-9,13H2,1H3,(H,30,36)(H,31,37)/t21-,22+/m1/s1. The zero-order valence-electron chi connectivity index (χ0n) is 21.1. The van der Waals surface area contributed by atoms with Crippen molar-refractivity contribution < 1.29 is 28.1 Å². The summed E-state index contributed by atoms with van der Waals surface area (Å²) in [7, 11) is 0. The molecule has 2 atom stereocenters. The Balaban J connectivity index is 1.43. The molecule has 0 radical (unpaired) electrons. The third-order valence-electron chi connectivity index (χ3n) is 7.37. The second-order valence-corrected chi connectivity index (χ2v) is 10.3. The van der Waals surface area contributed by atoms with E-state index in [1.807, 2.05) is 13.0 Å². The smallest absolute Gasteiger partial charge is 0.276 e. The molecule has 2 fully saturated rings. The first kappa shape index (κ1) is 26.1. The van der Waals surface area contributed by atoms with E-state index in [0.717, 1.165) is 24.8 Å². The van der Waals surface area contributed by atoms with Gasteiger partial charge < -0.3 is 15.7 Å². The van der Waals surface area contributed by atoms with Gasteiger partial charge in [-0.2, -0.15) is 5.10 Å². The topological polar surface area (TPSA) is 148 Å². The molecule has 0 aliphatic heterocycles. The molecule has 0 saturated heterocycles. The summed E-state index contributed by atoms with van der Waals surface area (Å²) < 4.78 is 34.0. The average molecular weight is 532 g/mol. The second kappa shape index (κ2) is 10.7. The van der Waals surface area contributed by atoms with Gasteiger partial charge in [0.2, 0.25) is 11.8 Å². The van der Waals surface area contributed by atoms with E-state index in [4.69, 9.17) is 4.98 Å². The van der Waals surface area contributed by atoms with E-state index >= 15 is 0 Å². The molecule has 0 unspecified atom stereocenters. The fourth-order valence-corrected chi connectivity index (χ4v) is 5.13. The number of carbonyl (C=O) groups is 2. The molecule has 5 rings (SSSR count). The van der Waals surface area contributed by atoms with Crippen LogP contribution in [-0.2, 0) is 11.4 Å². The Morgan fingerprint density at radius 2 is 1.89 bits per heavy atom. The Hall–Kier alpha value is -3.48. The zero-order chi connectivity index (χ0) is 26.9. The number of imidazole rings is 1. The fraction of sp³-hybridized carbons (Fsp3) is 0.600. The predicted molar refractivity (Wildman–Crippen MR) is 129 cm³/mol. The normalized spacial score (nSPS) is 19.3. The number of hydrogen-bond donors (Lipinski definition) is 3. The van der Waals surface area contributed by atoms with Crippen molar-refractivity contribution in [3.8, 4) is 0 Å². The predicted octanol–water partition coefficient (Wildman–Crippen LogP) is 3.27. The molecule has 0 aromatic carbocycles. The Labute approximate surface area is 217 Å². The molecule has 38 heavy (non-hydrogen) atoms. The first-order valence-electron chi connectivity index (χ1n) is 13.0. The lowest BCUT2D eigenvalue weighted by atomic mass is 9.81. The molecule has 3 aromatic rings. The highest BCUT2D eigenvalue weighted by Gasteiger charge is 2.40.